The van der Waals surface area contributed by atoms with Crippen LogP contribution in [-0.4, -0.2) is 24.7 Å². The van der Waals surface area contributed by atoms with Crippen molar-refractivity contribution in [2.45, 2.75) is 20.0 Å². The lowest BCUT2D eigenvalue weighted by Crippen LogP contribution is -2.31. The quantitative estimate of drug-likeness (QED) is 0.683. The zero-order valence-corrected chi connectivity index (χ0v) is 8.69. The Hall–Kier alpha value is -0.480. The van der Waals surface area contributed by atoms with Crippen molar-refractivity contribution in [3.63, 3.8) is 0 Å². The molecule has 0 aromatic heterocycles. The summed E-state index contributed by atoms with van der Waals surface area (Å²) in [6.07, 6.45) is -5.43. The zero-order chi connectivity index (χ0) is 11.4. The van der Waals surface area contributed by atoms with Crippen molar-refractivity contribution in [2.75, 3.05) is 12.8 Å². The van der Waals surface area contributed by atoms with Crippen LogP contribution in [0.3, 0.4) is 0 Å². The summed E-state index contributed by atoms with van der Waals surface area (Å²) < 4.78 is 51.9. The molecule has 0 aromatic carbocycles. The number of alkyl halides is 3. The Morgan fingerprint density at radius 3 is 2.29 bits per heavy atom. The molecule has 0 aliphatic rings. The number of Topliss-reactive ketones (excluding diaryl/α,β-unsaturated/α-hetero) is 1. The molecule has 0 aliphatic heterocycles. The smallest absolute Gasteiger partial charge is 0.299 e. The first-order chi connectivity index (χ1) is 6.29. The van der Waals surface area contributed by atoms with Gasteiger partial charge in [0.2, 0.25) is 0 Å². The molecular formula is C7H11F3O3P+. The average molecular weight is 231 g/mol. The van der Waals surface area contributed by atoms with Crippen molar-refractivity contribution in [2.24, 2.45) is 5.92 Å². The van der Waals surface area contributed by atoms with Gasteiger partial charge in [-0.3, -0.25) is 4.79 Å². The molecule has 7 heteroatoms. The van der Waals surface area contributed by atoms with E-state index < -0.39 is 32.1 Å². The van der Waals surface area contributed by atoms with Crippen molar-refractivity contribution >= 4 is 13.8 Å². The Balaban J connectivity index is 4.40. The highest BCUT2D eigenvalue weighted by Gasteiger charge is 2.48. The van der Waals surface area contributed by atoms with Crippen LogP contribution >= 0.6 is 8.03 Å². The van der Waals surface area contributed by atoms with Crippen LogP contribution in [0, 0.1) is 5.92 Å². The Bertz CT molecular complexity index is 227. The van der Waals surface area contributed by atoms with Crippen molar-refractivity contribution in [1.29, 1.82) is 0 Å². The van der Waals surface area contributed by atoms with Gasteiger partial charge in [0.1, 0.15) is 5.78 Å². The molecule has 2 atom stereocenters. The van der Waals surface area contributed by atoms with Crippen LogP contribution in [0.1, 0.15) is 13.8 Å². The van der Waals surface area contributed by atoms with Gasteiger partial charge in [0, 0.05) is 0 Å². The fourth-order valence-electron chi connectivity index (χ4n) is 0.808. The molecule has 0 spiro atoms. The standard InChI is InChI=1S/C7H11F3O3P/c1-3-13-14(12)4-6(5(2)11)7(8,9)10/h6H,3-4H2,1-2H3/q+1. The van der Waals surface area contributed by atoms with E-state index in [1.165, 1.54) is 6.92 Å². The maximum atomic E-state index is 12.2. The molecule has 0 saturated carbocycles. The normalized spacial score (nSPS) is 15.1. The number of hydrogen-bond acceptors (Lipinski definition) is 3. The monoisotopic (exact) mass is 231 g/mol. The molecule has 0 bridgehead atoms. The van der Waals surface area contributed by atoms with Crippen LogP contribution in [-0.2, 0) is 13.9 Å². The molecule has 0 N–H and O–H groups in total. The van der Waals surface area contributed by atoms with E-state index in [0.29, 0.717) is 0 Å². The third-order valence-corrected chi connectivity index (χ3v) is 2.70. The van der Waals surface area contributed by atoms with Crippen LogP contribution in [0.2, 0.25) is 0 Å². The molecule has 2 unspecified atom stereocenters. The number of halogens is 3. The lowest BCUT2D eigenvalue weighted by molar-refractivity contribution is -0.175. The van der Waals surface area contributed by atoms with E-state index >= 15 is 0 Å². The Labute approximate surface area is 80.5 Å². The zero-order valence-electron chi connectivity index (χ0n) is 7.80. The second-order valence-electron chi connectivity index (χ2n) is 2.64. The van der Waals surface area contributed by atoms with E-state index in [2.05, 4.69) is 4.52 Å². The number of ketones is 1. The van der Waals surface area contributed by atoms with Gasteiger partial charge in [-0.2, -0.15) is 13.2 Å². The van der Waals surface area contributed by atoms with Crippen LogP contribution in [0.15, 0.2) is 0 Å². The predicted octanol–water partition coefficient (Wildman–Crippen LogP) is 2.53. The highest BCUT2D eigenvalue weighted by Crippen LogP contribution is 2.35. The molecule has 0 amide bonds. The molecular weight excluding hydrogens is 220 g/mol. The number of carbonyl (C=O) groups is 1. The first-order valence-electron chi connectivity index (χ1n) is 3.93. The van der Waals surface area contributed by atoms with E-state index in [9.17, 15) is 22.5 Å². The van der Waals surface area contributed by atoms with Gasteiger partial charge in [-0.25, -0.2) is 0 Å². The summed E-state index contributed by atoms with van der Waals surface area (Å²) in [6, 6.07) is 0. The van der Waals surface area contributed by atoms with Gasteiger partial charge < -0.3 is 0 Å². The summed E-state index contributed by atoms with van der Waals surface area (Å²) in [6.45, 7) is 2.41. The first kappa shape index (κ1) is 13.5. The fraction of sp³-hybridized carbons (Fsp3) is 0.857. The maximum absolute atomic E-state index is 12.2. The largest absolute Gasteiger partial charge is 0.509 e. The second kappa shape index (κ2) is 5.41. The third-order valence-electron chi connectivity index (χ3n) is 1.49. The molecule has 0 heterocycles. The summed E-state index contributed by atoms with van der Waals surface area (Å²) in [4.78, 5) is 10.6. The molecule has 0 rings (SSSR count). The van der Waals surface area contributed by atoms with Gasteiger partial charge in [0.05, 0.1) is 6.61 Å². The second-order valence-corrected chi connectivity index (χ2v) is 3.93. The summed E-state index contributed by atoms with van der Waals surface area (Å²) in [5, 5.41) is 0. The molecule has 14 heavy (non-hydrogen) atoms. The van der Waals surface area contributed by atoms with E-state index in [4.69, 9.17) is 0 Å². The van der Waals surface area contributed by atoms with Crippen LogP contribution in [0.25, 0.3) is 0 Å². The minimum absolute atomic E-state index is 0.0671. The summed E-state index contributed by atoms with van der Waals surface area (Å²) in [5.41, 5.74) is 0. The lowest BCUT2D eigenvalue weighted by Gasteiger charge is -2.11. The van der Waals surface area contributed by atoms with Gasteiger partial charge in [-0.15, -0.1) is 4.52 Å². The van der Waals surface area contributed by atoms with E-state index in [0.717, 1.165) is 6.92 Å². The molecule has 0 radical (unpaired) electrons. The molecule has 3 nitrogen and oxygen atoms in total. The van der Waals surface area contributed by atoms with Crippen molar-refractivity contribution in [3.05, 3.63) is 0 Å². The average Bonchev–Trinajstić information content (AvgIpc) is 1.98. The van der Waals surface area contributed by atoms with Crippen molar-refractivity contribution in [3.8, 4) is 0 Å². The maximum Gasteiger partial charge on any atom is 0.509 e. The predicted molar refractivity (Wildman–Crippen MR) is 44.3 cm³/mol. The van der Waals surface area contributed by atoms with Gasteiger partial charge >= 0.3 is 14.2 Å². The summed E-state index contributed by atoms with van der Waals surface area (Å²) in [7, 11) is -2.41. The van der Waals surface area contributed by atoms with E-state index in [1.54, 1.807) is 0 Å². The van der Waals surface area contributed by atoms with Gasteiger partial charge in [-0.1, -0.05) is 0 Å². The Morgan fingerprint density at radius 1 is 1.50 bits per heavy atom. The molecule has 0 aliphatic carbocycles. The minimum Gasteiger partial charge on any atom is -0.299 e. The van der Waals surface area contributed by atoms with Crippen molar-refractivity contribution < 1.29 is 27.1 Å². The summed E-state index contributed by atoms with van der Waals surface area (Å²) >= 11 is 0. The first-order valence-corrected chi connectivity index (χ1v) is 5.30. The highest BCUT2D eigenvalue weighted by atomic mass is 31.1. The van der Waals surface area contributed by atoms with E-state index in [-0.39, 0.29) is 6.61 Å². The Kier molecular flexibility index (Phi) is 5.23. The lowest BCUT2D eigenvalue weighted by atomic mass is 10.1. The summed E-state index contributed by atoms with van der Waals surface area (Å²) in [5.74, 6) is -3.22. The van der Waals surface area contributed by atoms with Crippen LogP contribution in [0.5, 0.6) is 0 Å². The molecule has 0 saturated heterocycles. The third kappa shape index (κ3) is 4.67. The molecule has 0 aromatic rings. The highest BCUT2D eigenvalue weighted by molar-refractivity contribution is 7.39. The molecule has 0 fully saturated rings. The van der Waals surface area contributed by atoms with Crippen LogP contribution in [0.4, 0.5) is 13.2 Å². The van der Waals surface area contributed by atoms with Crippen molar-refractivity contribution in [1.82, 2.24) is 0 Å². The topological polar surface area (TPSA) is 43.4 Å². The van der Waals surface area contributed by atoms with Gasteiger partial charge in [-0.05, 0) is 18.4 Å². The number of rotatable bonds is 5. The van der Waals surface area contributed by atoms with Gasteiger partial charge in [0.15, 0.2) is 12.1 Å². The fourth-order valence-corrected chi connectivity index (χ4v) is 1.96. The minimum atomic E-state index is -4.64. The molecule has 82 valence electrons. The Morgan fingerprint density at radius 2 is 2.00 bits per heavy atom. The SMILES string of the molecule is CCO[P+](=O)CC(C(C)=O)C(F)(F)F. The van der Waals surface area contributed by atoms with Gasteiger partial charge in [0.25, 0.3) is 0 Å². The number of carbonyl (C=O) groups excluding carboxylic acids is 1. The number of hydrogen-bond donors (Lipinski definition) is 0. The van der Waals surface area contributed by atoms with E-state index in [1.807, 2.05) is 0 Å². The van der Waals surface area contributed by atoms with Crippen LogP contribution < -0.4 is 0 Å².